The molecule has 0 spiro atoms. The third-order valence-electron chi connectivity index (χ3n) is 5.13. The van der Waals surface area contributed by atoms with Gasteiger partial charge in [0.2, 0.25) is 0 Å². The molecule has 0 aliphatic heterocycles. The van der Waals surface area contributed by atoms with E-state index in [1.54, 1.807) is 6.92 Å². The van der Waals surface area contributed by atoms with Crippen LogP contribution in [0.3, 0.4) is 0 Å². The second-order valence-corrected chi connectivity index (χ2v) is 7.63. The molecule has 0 unspecified atom stereocenters. The summed E-state index contributed by atoms with van der Waals surface area (Å²) < 4.78 is 5.77. The predicted octanol–water partition coefficient (Wildman–Crippen LogP) is 3.68. The summed E-state index contributed by atoms with van der Waals surface area (Å²) in [4.78, 5) is 12.3. The SMILES string of the molecule is C[C@@H]1CCCC[C@@H]1NC(=S)NNC(=O)[C@@H](C)Oc1ccc2ccccc2c1. The number of fused-ring (bicyclic) bond motifs is 1. The number of rotatable bonds is 4. The van der Waals surface area contributed by atoms with Crippen LogP contribution in [0.15, 0.2) is 42.5 Å². The van der Waals surface area contributed by atoms with Crippen LogP contribution in [0.1, 0.15) is 39.5 Å². The summed E-state index contributed by atoms with van der Waals surface area (Å²) in [6.07, 6.45) is 4.17. The van der Waals surface area contributed by atoms with Gasteiger partial charge in [-0.1, -0.05) is 50.1 Å². The third kappa shape index (κ3) is 5.32. The van der Waals surface area contributed by atoms with Crippen molar-refractivity contribution in [1.29, 1.82) is 0 Å². The highest BCUT2D eigenvalue weighted by atomic mass is 32.1. The maximum absolute atomic E-state index is 12.3. The maximum atomic E-state index is 12.3. The van der Waals surface area contributed by atoms with E-state index in [0.29, 0.717) is 22.8 Å². The van der Waals surface area contributed by atoms with Gasteiger partial charge < -0.3 is 10.1 Å². The van der Waals surface area contributed by atoms with Gasteiger partial charge >= 0.3 is 0 Å². The van der Waals surface area contributed by atoms with Crippen LogP contribution in [0, 0.1) is 5.92 Å². The highest BCUT2D eigenvalue weighted by Gasteiger charge is 2.22. The first-order chi connectivity index (χ1) is 13.0. The first-order valence-corrected chi connectivity index (χ1v) is 9.95. The summed E-state index contributed by atoms with van der Waals surface area (Å²) in [6.45, 7) is 3.95. The molecule has 2 aromatic rings. The molecule has 5 nitrogen and oxygen atoms in total. The van der Waals surface area contributed by atoms with Gasteiger partial charge in [-0.25, -0.2) is 0 Å². The van der Waals surface area contributed by atoms with Crippen LogP contribution in [-0.4, -0.2) is 23.2 Å². The highest BCUT2D eigenvalue weighted by molar-refractivity contribution is 7.80. The minimum absolute atomic E-state index is 0.274. The molecule has 0 heterocycles. The number of benzene rings is 2. The van der Waals surface area contributed by atoms with E-state index in [1.165, 1.54) is 19.3 Å². The lowest BCUT2D eigenvalue weighted by Gasteiger charge is -2.30. The van der Waals surface area contributed by atoms with Crippen LogP contribution in [0.4, 0.5) is 0 Å². The summed E-state index contributed by atoms with van der Waals surface area (Å²) in [7, 11) is 0. The molecule has 144 valence electrons. The number of thiocarbonyl (C=S) groups is 1. The van der Waals surface area contributed by atoms with Gasteiger partial charge in [0.15, 0.2) is 11.2 Å². The number of amides is 1. The average molecular weight is 386 g/mol. The molecule has 3 atom stereocenters. The Morgan fingerprint density at radius 1 is 1.11 bits per heavy atom. The Labute approximate surface area is 165 Å². The fourth-order valence-corrected chi connectivity index (χ4v) is 3.66. The van der Waals surface area contributed by atoms with Gasteiger partial charge in [-0.3, -0.25) is 15.6 Å². The molecule has 2 aromatic carbocycles. The molecular formula is C21H27N3O2S. The first-order valence-electron chi connectivity index (χ1n) is 9.55. The minimum atomic E-state index is -0.643. The largest absolute Gasteiger partial charge is 0.481 e. The van der Waals surface area contributed by atoms with Crippen LogP contribution >= 0.6 is 12.2 Å². The fourth-order valence-electron chi connectivity index (χ4n) is 3.45. The van der Waals surface area contributed by atoms with E-state index < -0.39 is 6.10 Å². The zero-order valence-electron chi connectivity index (χ0n) is 15.8. The van der Waals surface area contributed by atoms with Gasteiger partial charge in [-0.05, 0) is 60.8 Å². The van der Waals surface area contributed by atoms with Crippen LogP contribution in [0.2, 0.25) is 0 Å². The standard InChI is InChI=1S/C21H27N3O2S/c1-14-7-3-6-10-19(14)22-21(27)24-23-20(25)15(2)26-18-12-11-16-8-4-5-9-17(16)13-18/h4-5,8-9,11-15,19H,3,6-7,10H2,1-2H3,(H,23,25)(H2,22,24,27)/t14-,15-,19+/m1/s1. The van der Waals surface area contributed by atoms with Gasteiger partial charge in [0.25, 0.3) is 5.91 Å². The van der Waals surface area contributed by atoms with E-state index >= 15 is 0 Å². The molecule has 1 saturated carbocycles. The van der Waals surface area contributed by atoms with Crippen LogP contribution in [0.5, 0.6) is 5.75 Å². The smallest absolute Gasteiger partial charge is 0.279 e. The lowest BCUT2D eigenvalue weighted by atomic mass is 9.86. The molecule has 27 heavy (non-hydrogen) atoms. The number of carbonyl (C=O) groups is 1. The molecule has 1 amide bonds. The molecule has 3 N–H and O–H groups in total. The van der Waals surface area contributed by atoms with Crippen molar-refractivity contribution >= 4 is 34.0 Å². The van der Waals surface area contributed by atoms with Crippen molar-refractivity contribution in [3.8, 4) is 5.75 Å². The van der Waals surface area contributed by atoms with E-state index in [-0.39, 0.29) is 5.91 Å². The molecule has 6 heteroatoms. The normalized spacial score (nSPS) is 20.5. The summed E-state index contributed by atoms with van der Waals surface area (Å²) in [6, 6.07) is 14.2. The van der Waals surface area contributed by atoms with Gasteiger partial charge in [0.1, 0.15) is 5.75 Å². The van der Waals surface area contributed by atoms with Gasteiger partial charge in [0, 0.05) is 6.04 Å². The fraction of sp³-hybridized carbons (Fsp3) is 0.429. The molecule has 0 aromatic heterocycles. The Balaban J connectivity index is 1.47. The zero-order valence-corrected chi connectivity index (χ0v) is 16.6. The van der Waals surface area contributed by atoms with E-state index in [9.17, 15) is 4.79 Å². The number of nitrogens with one attached hydrogen (secondary N) is 3. The van der Waals surface area contributed by atoms with Gasteiger partial charge in [0.05, 0.1) is 0 Å². The lowest BCUT2D eigenvalue weighted by Crippen LogP contribution is -2.53. The highest BCUT2D eigenvalue weighted by Crippen LogP contribution is 2.23. The average Bonchev–Trinajstić information content (AvgIpc) is 2.67. The molecule has 0 saturated heterocycles. The third-order valence-corrected chi connectivity index (χ3v) is 5.35. The molecular weight excluding hydrogens is 358 g/mol. The Morgan fingerprint density at radius 2 is 1.85 bits per heavy atom. The van der Waals surface area contributed by atoms with Crippen molar-refractivity contribution in [2.75, 3.05) is 0 Å². The second kappa shape index (κ2) is 9.04. The number of hydrogen-bond donors (Lipinski definition) is 3. The van der Waals surface area contributed by atoms with Gasteiger partial charge in [-0.2, -0.15) is 0 Å². The van der Waals surface area contributed by atoms with E-state index in [2.05, 4.69) is 23.1 Å². The summed E-state index contributed by atoms with van der Waals surface area (Å²) in [5, 5.41) is 5.95. The van der Waals surface area contributed by atoms with E-state index in [1.807, 2.05) is 42.5 Å². The van der Waals surface area contributed by atoms with Crippen molar-refractivity contribution in [3.63, 3.8) is 0 Å². The Kier molecular flexibility index (Phi) is 6.50. The molecule has 3 rings (SSSR count). The Morgan fingerprint density at radius 3 is 2.63 bits per heavy atom. The van der Waals surface area contributed by atoms with Crippen molar-refractivity contribution in [2.24, 2.45) is 5.92 Å². The predicted molar refractivity (Wildman–Crippen MR) is 112 cm³/mol. The van der Waals surface area contributed by atoms with Crippen molar-refractivity contribution in [2.45, 2.75) is 51.7 Å². The number of hydrogen-bond acceptors (Lipinski definition) is 3. The Bertz CT molecular complexity index is 811. The van der Waals surface area contributed by atoms with Crippen molar-refractivity contribution in [3.05, 3.63) is 42.5 Å². The summed E-state index contributed by atoms with van der Waals surface area (Å²) >= 11 is 5.30. The van der Waals surface area contributed by atoms with E-state index in [4.69, 9.17) is 17.0 Å². The zero-order chi connectivity index (χ0) is 19.2. The van der Waals surface area contributed by atoms with Crippen LogP contribution in [-0.2, 0) is 4.79 Å². The number of ether oxygens (including phenoxy) is 1. The molecule has 1 aliphatic rings. The van der Waals surface area contributed by atoms with Crippen molar-refractivity contribution in [1.82, 2.24) is 16.2 Å². The van der Waals surface area contributed by atoms with Crippen LogP contribution in [0.25, 0.3) is 10.8 Å². The minimum Gasteiger partial charge on any atom is -0.481 e. The first kappa shape index (κ1) is 19.4. The van der Waals surface area contributed by atoms with Crippen LogP contribution < -0.4 is 20.9 Å². The molecule has 1 aliphatic carbocycles. The quantitative estimate of drug-likeness (QED) is 0.554. The van der Waals surface area contributed by atoms with Gasteiger partial charge in [-0.15, -0.1) is 0 Å². The molecule has 0 radical (unpaired) electrons. The van der Waals surface area contributed by atoms with E-state index in [0.717, 1.165) is 17.2 Å². The lowest BCUT2D eigenvalue weighted by molar-refractivity contribution is -0.127. The van der Waals surface area contributed by atoms with Crippen molar-refractivity contribution < 1.29 is 9.53 Å². The number of hydrazine groups is 1. The topological polar surface area (TPSA) is 62.4 Å². The Hall–Kier alpha value is -2.34. The summed E-state index contributed by atoms with van der Waals surface area (Å²) in [5.74, 6) is 0.974. The second-order valence-electron chi connectivity index (χ2n) is 7.22. The number of carbonyl (C=O) groups excluding carboxylic acids is 1. The monoisotopic (exact) mass is 385 g/mol. The molecule has 1 fully saturated rings. The maximum Gasteiger partial charge on any atom is 0.279 e. The summed E-state index contributed by atoms with van der Waals surface area (Å²) in [5.41, 5.74) is 5.41. The molecule has 0 bridgehead atoms.